The standard InChI is InChI=1S/C11H13F4NO/c1-2-9(16)10(11(13,14)15)17-8-5-3-4-7(12)6-8/h3-6,9-10H,2,16H2,1H3. The third-order valence-corrected chi connectivity index (χ3v) is 2.24. The maximum absolute atomic E-state index is 12.8. The fraction of sp³-hybridized carbons (Fsp3) is 0.455. The second kappa shape index (κ2) is 5.35. The van der Waals surface area contributed by atoms with E-state index in [0.29, 0.717) is 0 Å². The van der Waals surface area contributed by atoms with Gasteiger partial charge in [-0.2, -0.15) is 13.2 Å². The summed E-state index contributed by atoms with van der Waals surface area (Å²) in [5.41, 5.74) is 5.35. The van der Waals surface area contributed by atoms with Crippen molar-refractivity contribution in [3.63, 3.8) is 0 Å². The largest absolute Gasteiger partial charge is 0.479 e. The molecule has 1 aromatic rings. The number of benzene rings is 1. The van der Waals surface area contributed by atoms with Crippen LogP contribution in [0.4, 0.5) is 17.6 Å². The fourth-order valence-corrected chi connectivity index (χ4v) is 1.30. The van der Waals surface area contributed by atoms with E-state index in [1.807, 2.05) is 0 Å². The number of alkyl halides is 3. The molecule has 0 aromatic heterocycles. The first-order valence-corrected chi connectivity index (χ1v) is 5.09. The lowest BCUT2D eigenvalue weighted by atomic mass is 10.1. The number of halogens is 4. The maximum atomic E-state index is 12.8. The Morgan fingerprint density at radius 1 is 1.35 bits per heavy atom. The highest BCUT2D eigenvalue weighted by Gasteiger charge is 2.45. The second-order valence-corrected chi connectivity index (χ2v) is 3.61. The molecule has 0 bridgehead atoms. The van der Waals surface area contributed by atoms with Gasteiger partial charge in [-0.25, -0.2) is 4.39 Å². The Balaban J connectivity index is 2.87. The minimum Gasteiger partial charge on any atom is -0.479 e. The molecule has 2 atom stereocenters. The van der Waals surface area contributed by atoms with Crippen molar-refractivity contribution in [3.8, 4) is 5.75 Å². The molecule has 2 unspecified atom stereocenters. The summed E-state index contributed by atoms with van der Waals surface area (Å²) in [4.78, 5) is 0. The maximum Gasteiger partial charge on any atom is 0.426 e. The van der Waals surface area contributed by atoms with E-state index in [2.05, 4.69) is 0 Å². The van der Waals surface area contributed by atoms with E-state index in [-0.39, 0.29) is 12.2 Å². The molecule has 2 N–H and O–H groups in total. The quantitative estimate of drug-likeness (QED) is 0.835. The van der Waals surface area contributed by atoms with E-state index in [1.54, 1.807) is 0 Å². The summed E-state index contributed by atoms with van der Waals surface area (Å²) in [7, 11) is 0. The lowest BCUT2D eigenvalue weighted by Gasteiger charge is -2.26. The van der Waals surface area contributed by atoms with E-state index in [4.69, 9.17) is 10.5 Å². The van der Waals surface area contributed by atoms with Crippen molar-refractivity contribution < 1.29 is 22.3 Å². The van der Waals surface area contributed by atoms with Crippen LogP contribution < -0.4 is 10.5 Å². The molecule has 1 rings (SSSR count). The Morgan fingerprint density at radius 3 is 2.47 bits per heavy atom. The van der Waals surface area contributed by atoms with Gasteiger partial charge < -0.3 is 10.5 Å². The topological polar surface area (TPSA) is 35.2 Å². The smallest absolute Gasteiger partial charge is 0.426 e. The Labute approximate surface area is 96.4 Å². The van der Waals surface area contributed by atoms with Crippen molar-refractivity contribution >= 4 is 0 Å². The third-order valence-electron chi connectivity index (χ3n) is 2.24. The van der Waals surface area contributed by atoms with Gasteiger partial charge in [0.15, 0.2) is 0 Å². The first kappa shape index (κ1) is 13.8. The minimum absolute atomic E-state index is 0.111. The predicted molar refractivity (Wildman–Crippen MR) is 55.1 cm³/mol. The molecule has 2 nitrogen and oxygen atoms in total. The van der Waals surface area contributed by atoms with Gasteiger partial charge >= 0.3 is 6.18 Å². The average molecular weight is 251 g/mol. The number of hydrogen-bond donors (Lipinski definition) is 1. The van der Waals surface area contributed by atoms with Crippen molar-refractivity contribution in [2.45, 2.75) is 31.7 Å². The molecule has 1 aromatic carbocycles. The molecule has 0 saturated heterocycles. The molecule has 0 radical (unpaired) electrons. The van der Waals surface area contributed by atoms with Crippen LogP contribution in [0.25, 0.3) is 0 Å². The predicted octanol–water partition coefficient (Wildman–Crippen LogP) is 2.87. The Hall–Kier alpha value is -1.30. The van der Waals surface area contributed by atoms with Gasteiger partial charge in [0.05, 0.1) is 6.04 Å². The Kier molecular flexibility index (Phi) is 4.34. The van der Waals surface area contributed by atoms with E-state index in [1.165, 1.54) is 19.1 Å². The molecule has 17 heavy (non-hydrogen) atoms. The summed E-state index contributed by atoms with van der Waals surface area (Å²) < 4.78 is 55.5. The molecule has 0 aliphatic carbocycles. The Morgan fingerprint density at radius 2 is 2.00 bits per heavy atom. The molecular formula is C11H13F4NO. The molecule has 0 aliphatic heterocycles. The first-order chi connectivity index (χ1) is 7.84. The highest BCUT2D eigenvalue weighted by atomic mass is 19.4. The van der Waals surface area contributed by atoms with Gasteiger partial charge in [0.2, 0.25) is 6.10 Å². The van der Waals surface area contributed by atoms with Crippen LogP contribution in [0.15, 0.2) is 24.3 Å². The number of ether oxygens (including phenoxy) is 1. The van der Waals surface area contributed by atoms with Gasteiger partial charge in [0.25, 0.3) is 0 Å². The summed E-state index contributed by atoms with van der Waals surface area (Å²) >= 11 is 0. The van der Waals surface area contributed by atoms with Crippen LogP contribution in [0, 0.1) is 5.82 Å². The van der Waals surface area contributed by atoms with E-state index in [0.717, 1.165) is 12.1 Å². The molecule has 0 fully saturated rings. The molecule has 0 saturated carbocycles. The minimum atomic E-state index is -4.58. The van der Waals surface area contributed by atoms with Gasteiger partial charge in [0, 0.05) is 6.07 Å². The number of nitrogens with two attached hydrogens (primary N) is 1. The van der Waals surface area contributed by atoms with Crippen molar-refractivity contribution in [1.29, 1.82) is 0 Å². The first-order valence-electron chi connectivity index (χ1n) is 5.09. The van der Waals surface area contributed by atoms with E-state index in [9.17, 15) is 17.6 Å². The second-order valence-electron chi connectivity index (χ2n) is 3.61. The molecule has 0 spiro atoms. The lowest BCUT2D eigenvalue weighted by Crippen LogP contribution is -2.48. The van der Waals surface area contributed by atoms with Crippen LogP contribution in [-0.2, 0) is 0 Å². The van der Waals surface area contributed by atoms with Crippen molar-refractivity contribution in [2.24, 2.45) is 5.73 Å². The van der Waals surface area contributed by atoms with Crippen LogP contribution >= 0.6 is 0 Å². The van der Waals surface area contributed by atoms with E-state index >= 15 is 0 Å². The summed E-state index contributed by atoms with van der Waals surface area (Å²) in [5.74, 6) is -0.843. The number of rotatable bonds is 4. The summed E-state index contributed by atoms with van der Waals surface area (Å²) in [6.07, 6.45) is -6.60. The molecule has 0 heterocycles. The Bertz CT molecular complexity index is 367. The highest BCUT2D eigenvalue weighted by Crippen LogP contribution is 2.28. The normalized spacial score (nSPS) is 15.4. The van der Waals surface area contributed by atoms with Crippen molar-refractivity contribution in [1.82, 2.24) is 0 Å². The number of hydrogen-bond acceptors (Lipinski definition) is 2. The zero-order valence-electron chi connectivity index (χ0n) is 9.17. The van der Waals surface area contributed by atoms with Crippen LogP contribution in [0.3, 0.4) is 0 Å². The van der Waals surface area contributed by atoms with Gasteiger partial charge in [-0.15, -0.1) is 0 Å². The van der Waals surface area contributed by atoms with Gasteiger partial charge in [-0.3, -0.25) is 0 Å². The van der Waals surface area contributed by atoms with Crippen LogP contribution in [0.5, 0.6) is 5.75 Å². The van der Waals surface area contributed by atoms with Gasteiger partial charge in [-0.05, 0) is 18.6 Å². The van der Waals surface area contributed by atoms with Gasteiger partial charge in [0.1, 0.15) is 11.6 Å². The SMILES string of the molecule is CCC(N)C(Oc1cccc(F)c1)C(F)(F)F. The third kappa shape index (κ3) is 3.89. The summed E-state index contributed by atoms with van der Waals surface area (Å²) in [5, 5.41) is 0. The van der Waals surface area contributed by atoms with Crippen LogP contribution in [0.1, 0.15) is 13.3 Å². The highest BCUT2D eigenvalue weighted by molar-refractivity contribution is 5.23. The summed E-state index contributed by atoms with van der Waals surface area (Å²) in [6, 6.07) is 3.36. The molecule has 96 valence electrons. The van der Waals surface area contributed by atoms with Gasteiger partial charge in [-0.1, -0.05) is 13.0 Å². The molecule has 6 heteroatoms. The van der Waals surface area contributed by atoms with Crippen LogP contribution in [0.2, 0.25) is 0 Å². The van der Waals surface area contributed by atoms with Crippen LogP contribution in [-0.4, -0.2) is 18.3 Å². The molecular weight excluding hydrogens is 238 g/mol. The monoisotopic (exact) mass is 251 g/mol. The summed E-state index contributed by atoms with van der Waals surface area (Å²) in [6.45, 7) is 1.53. The molecule has 0 amide bonds. The zero-order valence-corrected chi connectivity index (χ0v) is 9.17. The van der Waals surface area contributed by atoms with E-state index < -0.39 is 24.1 Å². The average Bonchev–Trinajstić information content (AvgIpc) is 2.23. The fourth-order valence-electron chi connectivity index (χ4n) is 1.30. The lowest BCUT2D eigenvalue weighted by molar-refractivity contribution is -0.200. The van der Waals surface area contributed by atoms with Crippen molar-refractivity contribution in [3.05, 3.63) is 30.1 Å². The van der Waals surface area contributed by atoms with Crippen molar-refractivity contribution in [2.75, 3.05) is 0 Å². The zero-order chi connectivity index (χ0) is 13.1. The molecule has 0 aliphatic rings.